The molecule has 3 rings (SSSR count). The summed E-state index contributed by atoms with van der Waals surface area (Å²) in [5.41, 5.74) is 0.358. The van der Waals surface area contributed by atoms with Gasteiger partial charge in [-0.3, -0.25) is 9.10 Å². The summed E-state index contributed by atoms with van der Waals surface area (Å²) < 4.78 is 36.7. The van der Waals surface area contributed by atoms with Crippen molar-refractivity contribution in [2.45, 2.75) is 13.0 Å². The van der Waals surface area contributed by atoms with Crippen LogP contribution in [0.25, 0.3) is 10.8 Å². The van der Waals surface area contributed by atoms with Crippen LogP contribution in [0.1, 0.15) is 6.92 Å². The van der Waals surface area contributed by atoms with Crippen molar-refractivity contribution in [3.05, 3.63) is 66.7 Å². The van der Waals surface area contributed by atoms with Crippen LogP contribution < -0.4 is 19.1 Å². The van der Waals surface area contributed by atoms with E-state index in [0.29, 0.717) is 17.2 Å². The van der Waals surface area contributed by atoms with Crippen LogP contribution in [-0.2, 0) is 14.8 Å². The fourth-order valence-electron chi connectivity index (χ4n) is 3.30. The Morgan fingerprint density at radius 2 is 1.74 bits per heavy atom. The summed E-state index contributed by atoms with van der Waals surface area (Å²) >= 11 is 0. The van der Waals surface area contributed by atoms with E-state index >= 15 is 0 Å². The molecule has 0 radical (unpaired) electrons. The Hall–Kier alpha value is -3.26. The van der Waals surface area contributed by atoms with Crippen LogP contribution in [0.2, 0.25) is 0 Å². The Labute approximate surface area is 182 Å². The Kier molecular flexibility index (Phi) is 7.02. The van der Waals surface area contributed by atoms with E-state index in [4.69, 9.17) is 9.47 Å². The molecular weight excluding hydrogens is 416 g/mol. The molecule has 0 heterocycles. The summed E-state index contributed by atoms with van der Waals surface area (Å²) in [7, 11) is -2.20. The average Bonchev–Trinajstić information content (AvgIpc) is 2.75. The van der Waals surface area contributed by atoms with Gasteiger partial charge in [0.15, 0.2) is 0 Å². The number of carbonyl (C=O) groups is 1. The molecule has 1 unspecified atom stereocenters. The quantitative estimate of drug-likeness (QED) is 0.515. The van der Waals surface area contributed by atoms with E-state index < -0.39 is 22.0 Å². The fraction of sp³-hybridized carbons (Fsp3) is 0.261. The number of benzene rings is 3. The first-order valence-electron chi connectivity index (χ1n) is 9.82. The molecule has 0 aromatic heterocycles. The molecule has 164 valence electrons. The number of hydrogen-bond acceptors (Lipinski definition) is 5. The lowest BCUT2D eigenvalue weighted by Gasteiger charge is -2.28. The Morgan fingerprint density at radius 3 is 2.45 bits per heavy atom. The molecule has 0 fully saturated rings. The van der Waals surface area contributed by atoms with Crippen molar-refractivity contribution in [3.8, 4) is 11.5 Å². The van der Waals surface area contributed by atoms with Crippen LogP contribution in [0.15, 0.2) is 66.7 Å². The SMILES string of the molecule is COc1cccc(N(C(C)C(=O)NCCOc2ccc3ccccc3c2)S(C)(=O)=O)c1. The van der Waals surface area contributed by atoms with E-state index in [9.17, 15) is 13.2 Å². The van der Waals surface area contributed by atoms with Crippen LogP contribution in [0, 0.1) is 0 Å². The Balaban J connectivity index is 1.61. The van der Waals surface area contributed by atoms with E-state index in [-0.39, 0.29) is 13.2 Å². The van der Waals surface area contributed by atoms with Crippen LogP contribution in [0.3, 0.4) is 0 Å². The molecule has 7 nitrogen and oxygen atoms in total. The minimum Gasteiger partial charge on any atom is -0.497 e. The first-order chi connectivity index (χ1) is 14.8. The first kappa shape index (κ1) is 22.4. The van der Waals surface area contributed by atoms with Crippen molar-refractivity contribution in [3.63, 3.8) is 0 Å². The molecule has 31 heavy (non-hydrogen) atoms. The predicted octanol–water partition coefficient (Wildman–Crippen LogP) is 3.20. The van der Waals surface area contributed by atoms with Gasteiger partial charge in [0.25, 0.3) is 0 Å². The van der Waals surface area contributed by atoms with Gasteiger partial charge in [0.05, 0.1) is 25.6 Å². The molecule has 1 amide bonds. The zero-order chi connectivity index (χ0) is 22.4. The molecule has 0 spiro atoms. The topological polar surface area (TPSA) is 84.9 Å². The van der Waals surface area contributed by atoms with Gasteiger partial charge in [0.2, 0.25) is 15.9 Å². The van der Waals surface area contributed by atoms with Crippen LogP contribution in [0.5, 0.6) is 11.5 Å². The minimum absolute atomic E-state index is 0.242. The van der Waals surface area contributed by atoms with E-state index in [1.165, 1.54) is 7.11 Å². The second-order valence-corrected chi connectivity index (χ2v) is 8.94. The summed E-state index contributed by atoms with van der Waals surface area (Å²) in [6, 6.07) is 19.4. The zero-order valence-electron chi connectivity index (χ0n) is 17.7. The van der Waals surface area contributed by atoms with Crippen LogP contribution >= 0.6 is 0 Å². The van der Waals surface area contributed by atoms with E-state index in [0.717, 1.165) is 21.3 Å². The van der Waals surface area contributed by atoms with Crippen molar-refractivity contribution in [1.82, 2.24) is 5.32 Å². The average molecular weight is 443 g/mol. The molecule has 0 saturated heterocycles. The number of sulfonamides is 1. The summed E-state index contributed by atoms with van der Waals surface area (Å²) in [5.74, 6) is 0.785. The number of anilines is 1. The normalized spacial score (nSPS) is 12.2. The molecular formula is C23H26N2O5S. The van der Waals surface area contributed by atoms with E-state index in [1.54, 1.807) is 31.2 Å². The van der Waals surface area contributed by atoms with E-state index in [1.807, 2.05) is 42.5 Å². The van der Waals surface area contributed by atoms with Crippen molar-refractivity contribution in [1.29, 1.82) is 0 Å². The Bertz CT molecular complexity index is 1160. The van der Waals surface area contributed by atoms with Crippen LogP contribution in [0.4, 0.5) is 5.69 Å². The first-order valence-corrected chi connectivity index (χ1v) is 11.7. The molecule has 0 bridgehead atoms. The van der Waals surface area contributed by atoms with Crippen molar-refractivity contribution in [2.24, 2.45) is 0 Å². The highest BCUT2D eigenvalue weighted by Crippen LogP contribution is 2.25. The van der Waals surface area contributed by atoms with Gasteiger partial charge in [-0.25, -0.2) is 8.42 Å². The second-order valence-electron chi connectivity index (χ2n) is 7.08. The third kappa shape index (κ3) is 5.67. The number of methoxy groups -OCH3 is 1. The minimum atomic E-state index is -3.70. The molecule has 0 aliphatic carbocycles. The molecule has 1 atom stereocenters. The highest BCUT2D eigenvalue weighted by atomic mass is 32.2. The maximum Gasteiger partial charge on any atom is 0.243 e. The zero-order valence-corrected chi connectivity index (χ0v) is 18.6. The van der Waals surface area contributed by atoms with E-state index in [2.05, 4.69) is 5.32 Å². The number of amides is 1. The van der Waals surface area contributed by atoms with Crippen molar-refractivity contribution >= 4 is 32.4 Å². The Morgan fingerprint density at radius 1 is 1.00 bits per heavy atom. The number of nitrogens with zero attached hydrogens (tertiary/aromatic N) is 1. The highest BCUT2D eigenvalue weighted by molar-refractivity contribution is 7.92. The summed E-state index contributed by atoms with van der Waals surface area (Å²) in [6.07, 6.45) is 1.07. The molecule has 1 N–H and O–H groups in total. The molecule has 0 aliphatic rings. The summed E-state index contributed by atoms with van der Waals surface area (Å²) in [5, 5.41) is 4.93. The third-order valence-corrected chi connectivity index (χ3v) is 6.03. The number of fused-ring (bicyclic) bond motifs is 1. The van der Waals surface area contributed by atoms with Crippen molar-refractivity contribution in [2.75, 3.05) is 30.8 Å². The van der Waals surface area contributed by atoms with Crippen molar-refractivity contribution < 1.29 is 22.7 Å². The number of rotatable bonds is 9. The molecule has 0 saturated carbocycles. The monoisotopic (exact) mass is 442 g/mol. The molecule has 8 heteroatoms. The van der Waals surface area contributed by atoms with Gasteiger partial charge in [0.1, 0.15) is 24.1 Å². The second kappa shape index (κ2) is 9.70. The number of nitrogens with one attached hydrogen (secondary N) is 1. The predicted molar refractivity (Wildman–Crippen MR) is 122 cm³/mol. The van der Waals surface area contributed by atoms with Gasteiger partial charge in [-0.05, 0) is 42.0 Å². The lowest BCUT2D eigenvalue weighted by Crippen LogP contribution is -2.48. The summed E-state index contributed by atoms with van der Waals surface area (Å²) in [6.45, 7) is 2.04. The van der Waals surface area contributed by atoms with Crippen LogP contribution in [-0.4, -0.2) is 46.9 Å². The lowest BCUT2D eigenvalue weighted by atomic mass is 10.1. The lowest BCUT2D eigenvalue weighted by molar-refractivity contribution is -0.121. The van der Waals surface area contributed by atoms with Gasteiger partial charge in [0, 0.05) is 6.07 Å². The number of hydrogen-bond donors (Lipinski definition) is 1. The molecule has 0 aliphatic heterocycles. The number of carbonyl (C=O) groups excluding carboxylic acids is 1. The van der Waals surface area contributed by atoms with Gasteiger partial charge < -0.3 is 14.8 Å². The smallest absolute Gasteiger partial charge is 0.243 e. The van der Waals surface area contributed by atoms with Gasteiger partial charge >= 0.3 is 0 Å². The standard InChI is InChI=1S/C23H26N2O5S/c1-17(25(31(3,27)28)20-9-6-10-21(16-20)29-2)23(26)24-13-14-30-22-12-11-18-7-4-5-8-19(18)15-22/h4-12,15-17H,13-14H2,1-3H3,(H,24,26). The van der Waals surface area contributed by atoms with Gasteiger partial charge in [-0.1, -0.05) is 36.4 Å². The van der Waals surface area contributed by atoms with Gasteiger partial charge in [-0.15, -0.1) is 0 Å². The third-order valence-electron chi connectivity index (χ3n) is 4.79. The van der Waals surface area contributed by atoms with Gasteiger partial charge in [-0.2, -0.15) is 0 Å². The molecule has 3 aromatic carbocycles. The number of ether oxygens (including phenoxy) is 2. The fourth-order valence-corrected chi connectivity index (χ4v) is 4.47. The summed E-state index contributed by atoms with van der Waals surface area (Å²) in [4.78, 5) is 12.6. The maximum atomic E-state index is 12.6. The maximum absolute atomic E-state index is 12.6. The molecule has 3 aromatic rings. The largest absolute Gasteiger partial charge is 0.497 e. The highest BCUT2D eigenvalue weighted by Gasteiger charge is 2.29.